The molecule has 0 aliphatic carbocycles. The number of carboxylic acid groups (broad SMARTS) is 1. The lowest BCUT2D eigenvalue weighted by molar-refractivity contribution is -0.139. The zero-order valence-corrected chi connectivity index (χ0v) is 12.8. The molecule has 0 heterocycles. The molecule has 118 valence electrons. The van der Waals surface area contributed by atoms with Gasteiger partial charge in [0.25, 0.3) is 0 Å². The summed E-state index contributed by atoms with van der Waals surface area (Å²) in [5.41, 5.74) is 1.22. The van der Waals surface area contributed by atoms with Gasteiger partial charge in [0.15, 0.2) is 0 Å². The summed E-state index contributed by atoms with van der Waals surface area (Å²) < 4.78 is 0. The third-order valence-electron chi connectivity index (χ3n) is 3.57. The summed E-state index contributed by atoms with van der Waals surface area (Å²) in [5, 5.41) is 21.4. The highest BCUT2D eigenvalue weighted by molar-refractivity contribution is 5.67. The number of aliphatic hydroxyl groups is 1. The van der Waals surface area contributed by atoms with Crippen LogP contribution < -0.4 is 5.32 Å². The van der Waals surface area contributed by atoms with E-state index in [1.54, 1.807) is 0 Å². The second-order valence-corrected chi connectivity index (χ2v) is 5.06. The van der Waals surface area contributed by atoms with Crippen molar-refractivity contribution < 1.29 is 15.0 Å². The van der Waals surface area contributed by atoms with Crippen LogP contribution in [-0.2, 0) is 4.79 Å². The molecule has 2 atom stereocenters. The van der Waals surface area contributed by atoms with Crippen molar-refractivity contribution in [2.24, 2.45) is 0 Å². The SMILES string of the molecule is CCN(CC)C(CNCC(O)CC(=O)O)c1ccccc1. The fourth-order valence-electron chi connectivity index (χ4n) is 2.46. The Balaban J connectivity index is 2.60. The summed E-state index contributed by atoms with van der Waals surface area (Å²) in [6.45, 7) is 7.10. The van der Waals surface area contributed by atoms with Gasteiger partial charge in [-0.2, -0.15) is 0 Å². The minimum Gasteiger partial charge on any atom is -0.481 e. The van der Waals surface area contributed by atoms with Gasteiger partial charge in [0.1, 0.15) is 0 Å². The van der Waals surface area contributed by atoms with Gasteiger partial charge in [0.05, 0.1) is 12.5 Å². The summed E-state index contributed by atoms with van der Waals surface area (Å²) in [6.07, 6.45) is -1.08. The molecule has 0 saturated carbocycles. The van der Waals surface area contributed by atoms with Crippen LogP contribution in [0.1, 0.15) is 31.9 Å². The molecule has 5 heteroatoms. The van der Waals surface area contributed by atoms with Crippen molar-refractivity contribution in [2.45, 2.75) is 32.4 Å². The summed E-state index contributed by atoms with van der Waals surface area (Å²) in [6, 6.07) is 10.4. The minimum atomic E-state index is -0.979. The highest BCUT2D eigenvalue weighted by Crippen LogP contribution is 2.19. The molecule has 0 radical (unpaired) electrons. The van der Waals surface area contributed by atoms with Gasteiger partial charge in [-0.25, -0.2) is 0 Å². The van der Waals surface area contributed by atoms with Crippen molar-refractivity contribution >= 4 is 5.97 Å². The molecule has 0 spiro atoms. The maximum absolute atomic E-state index is 10.5. The molecule has 0 saturated heterocycles. The molecule has 2 unspecified atom stereocenters. The summed E-state index contributed by atoms with van der Waals surface area (Å²) in [5.74, 6) is -0.979. The van der Waals surface area contributed by atoms with Crippen molar-refractivity contribution in [2.75, 3.05) is 26.2 Å². The van der Waals surface area contributed by atoms with Crippen molar-refractivity contribution in [3.63, 3.8) is 0 Å². The van der Waals surface area contributed by atoms with Crippen LogP contribution in [0.3, 0.4) is 0 Å². The first-order chi connectivity index (χ1) is 10.1. The predicted octanol–water partition coefficient (Wildman–Crippen LogP) is 1.49. The van der Waals surface area contributed by atoms with Gasteiger partial charge in [-0.15, -0.1) is 0 Å². The van der Waals surface area contributed by atoms with E-state index in [0.717, 1.165) is 13.1 Å². The topological polar surface area (TPSA) is 72.8 Å². The van der Waals surface area contributed by atoms with E-state index in [9.17, 15) is 9.90 Å². The summed E-state index contributed by atoms with van der Waals surface area (Å²) in [7, 11) is 0. The molecule has 0 amide bonds. The Hall–Kier alpha value is -1.43. The largest absolute Gasteiger partial charge is 0.481 e. The van der Waals surface area contributed by atoms with E-state index in [4.69, 9.17) is 5.11 Å². The number of benzene rings is 1. The number of hydrogen-bond acceptors (Lipinski definition) is 4. The lowest BCUT2D eigenvalue weighted by atomic mass is 10.0. The van der Waals surface area contributed by atoms with Crippen LogP contribution in [0.5, 0.6) is 0 Å². The Morgan fingerprint density at radius 1 is 1.19 bits per heavy atom. The van der Waals surface area contributed by atoms with Crippen molar-refractivity contribution in [1.82, 2.24) is 10.2 Å². The molecule has 0 fully saturated rings. The first-order valence-electron chi connectivity index (χ1n) is 7.48. The average molecular weight is 294 g/mol. The van der Waals surface area contributed by atoms with Gasteiger partial charge >= 0.3 is 5.97 Å². The highest BCUT2D eigenvalue weighted by Gasteiger charge is 2.18. The van der Waals surface area contributed by atoms with E-state index in [0.29, 0.717) is 6.54 Å². The number of rotatable bonds is 10. The number of nitrogens with zero attached hydrogens (tertiary/aromatic N) is 1. The number of carbonyl (C=O) groups is 1. The lowest BCUT2D eigenvalue weighted by Gasteiger charge is -2.30. The number of aliphatic hydroxyl groups excluding tert-OH is 1. The molecule has 1 aromatic carbocycles. The van der Waals surface area contributed by atoms with Crippen LogP contribution in [-0.4, -0.2) is 53.4 Å². The van der Waals surface area contributed by atoms with E-state index in [1.807, 2.05) is 18.2 Å². The second kappa shape index (κ2) is 9.50. The molecule has 0 aromatic heterocycles. The quantitative estimate of drug-likeness (QED) is 0.610. The monoisotopic (exact) mass is 294 g/mol. The maximum atomic E-state index is 10.5. The Kier molecular flexibility index (Phi) is 7.97. The molecule has 5 nitrogen and oxygen atoms in total. The molecule has 3 N–H and O–H groups in total. The molecule has 21 heavy (non-hydrogen) atoms. The van der Waals surface area contributed by atoms with E-state index in [1.165, 1.54) is 5.56 Å². The van der Waals surface area contributed by atoms with E-state index in [2.05, 4.69) is 36.2 Å². The average Bonchev–Trinajstić information content (AvgIpc) is 2.47. The van der Waals surface area contributed by atoms with E-state index < -0.39 is 12.1 Å². The molecule has 1 aromatic rings. The number of likely N-dealkylation sites (N-methyl/N-ethyl adjacent to an activating group) is 1. The van der Waals surface area contributed by atoms with Crippen LogP contribution in [0.25, 0.3) is 0 Å². The fourth-order valence-corrected chi connectivity index (χ4v) is 2.46. The normalized spacial score (nSPS) is 14.1. The first kappa shape index (κ1) is 17.6. The summed E-state index contributed by atoms with van der Waals surface area (Å²) in [4.78, 5) is 12.9. The molecular weight excluding hydrogens is 268 g/mol. The minimum absolute atomic E-state index is 0.221. The van der Waals surface area contributed by atoms with Gasteiger partial charge in [-0.1, -0.05) is 44.2 Å². The van der Waals surface area contributed by atoms with Gasteiger partial charge in [0.2, 0.25) is 0 Å². The maximum Gasteiger partial charge on any atom is 0.306 e. The van der Waals surface area contributed by atoms with E-state index in [-0.39, 0.29) is 19.0 Å². The van der Waals surface area contributed by atoms with Crippen LogP contribution in [0.2, 0.25) is 0 Å². The number of nitrogens with one attached hydrogen (secondary N) is 1. The Morgan fingerprint density at radius 2 is 1.81 bits per heavy atom. The zero-order chi connectivity index (χ0) is 15.7. The van der Waals surface area contributed by atoms with Gasteiger partial charge in [0, 0.05) is 19.1 Å². The van der Waals surface area contributed by atoms with Crippen LogP contribution >= 0.6 is 0 Å². The van der Waals surface area contributed by atoms with Crippen LogP contribution in [0.15, 0.2) is 30.3 Å². The molecular formula is C16H26N2O3. The van der Waals surface area contributed by atoms with Crippen LogP contribution in [0, 0.1) is 0 Å². The highest BCUT2D eigenvalue weighted by atomic mass is 16.4. The zero-order valence-electron chi connectivity index (χ0n) is 12.8. The molecule has 0 bridgehead atoms. The molecule has 1 rings (SSSR count). The number of aliphatic carboxylic acids is 1. The van der Waals surface area contributed by atoms with Crippen molar-refractivity contribution in [3.8, 4) is 0 Å². The van der Waals surface area contributed by atoms with Gasteiger partial charge in [-0.05, 0) is 18.7 Å². The first-order valence-corrected chi connectivity index (χ1v) is 7.48. The Morgan fingerprint density at radius 3 is 2.33 bits per heavy atom. The van der Waals surface area contributed by atoms with Crippen LogP contribution in [0.4, 0.5) is 0 Å². The number of carboxylic acids is 1. The fraction of sp³-hybridized carbons (Fsp3) is 0.562. The van der Waals surface area contributed by atoms with Crippen molar-refractivity contribution in [3.05, 3.63) is 35.9 Å². The predicted molar refractivity (Wildman–Crippen MR) is 83.2 cm³/mol. The third-order valence-corrected chi connectivity index (χ3v) is 3.57. The lowest BCUT2D eigenvalue weighted by Crippen LogP contribution is -2.38. The second-order valence-electron chi connectivity index (χ2n) is 5.06. The number of hydrogen-bond donors (Lipinski definition) is 3. The molecule has 0 aliphatic heterocycles. The Bertz CT molecular complexity index is 407. The molecule has 0 aliphatic rings. The Labute approximate surface area is 126 Å². The third kappa shape index (κ3) is 6.25. The van der Waals surface area contributed by atoms with Crippen molar-refractivity contribution in [1.29, 1.82) is 0 Å². The summed E-state index contributed by atoms with van der Waals surface area (Å²) >= 11 is 0. The van der Waals surface area contributed by atoms with Gasteiger partial charge < -0.3 is 15.5 Å². The van der Waals surface area contributed by atoms with E-state index >= 15 is 0 Å². The smallest absolute Gasteiger partial charge is 0.306 e. The van der Waals surface area contributed by atoms with Gasteiger partial charge in [-0.3, -0.25) is 9.69 Å². The standard InChI is InChI=1S/C16H26N2O3/c1-3-18(4-2)15(13-8-6-5-7-9-13)12-17-11-14(19)10-16(20)21/h5-9,14-15,17,19H,3-4,10-12H2,1-2H3,(H,20,21).